The Morgan fingerprint density at radius 3 is 2.69 bits per heavy atom. The summed E-state index contributed by atoms with van der Waals surface area (Å²) in [6, 6.07) is 11.5. The molecule has 1 fully saturated rings. The van der Waals surface area contributed by atoms with Crippen LogP contribution in [0.3, 0.4) is 0 Å². The van der Waals surface area contributed by atoms with E-state index >= 15 is 0 Å². The maximum Gasteiger partial charge on any atom is 0.169 e. The van der Waals surface area contributed by atoms with Crippen molar-refractivity contribution in [3.05, 3.63) is 59.9 Å². The van der Waals surface area contributed by atoms with Gasteiger partial charge >= 0.3 is 0 Å². The first-order valence-electron chi connectivity index (χ1n) is 13.1. The van der Waals surface area contributed by atoms with Crippen LogP contribution in [0.5, 0.6) is 5.75 Å². The van der Waals surface area contributed by atoms with E-state index in [9.17, 15) is 4.79 Å². The number of carbonyl (C=O) groups is 1. The van der Waals surface area contributed by atoms with E-state index < -0.39 is 0 Å². The molecule has 0 aromatic carbocycles. The zero-order valence-electron chi connectivity index (χ0n) is 21.3. The predicted molar refractivity (Wildman–Crippen MR) is 151 cm³/mol. The number of nitrogens with zero attached hydrogens (tertiary/aromatic N) is 5. The average molecular weight is 536 g/mol. The summed E-state index contributed by atoms with van der Waals surface area (Å²) in [5.74, 6) is 1.39. The maximum atomic E-state index is 11.8. The molecule has 0 radical (unpaired) electrons. The molecule has 10 heteroatoms. The Bertz CT molecular complexity index is 1830. The van der Waals surface area contributed by atoms with E-state index in [1.807, 2.05) is 36.4 Å². The topological polar surface area (TPSA) is 122 Å². The molecule has 1 aliphatic rings. The summed E-state index contributed by atoms with van der Waals surface area (Å²) >= 11 is 1.41. The van der Waals surface area contributed by atoms with Crippen LogP contribution in [0.4, 0.5) is 0 Å². The molecular weight excluding hydrogens is 510 g/mol. The Morgan fingerprint density at radius 1 is 0.974 bits per heavy atom. The Morgan fingerprint density at radius 2 is 1.85 bits per heavy atom. The van der Waals surface area contributed by atoms with Crippen LogP contribution in [0.15, 0.2) is 55.0 Å². The van der Waals surface area contributed by atoms with Crippen LogP contribution in [-0.2, 0) is 0 Å². The molecule has 2 N–H and O–H groups in total. The van der Waals surface area contributed by atoms with Crippen molar-refractivity contribution in [2.45, 2.75) is 45.1 Å². The van der Waals surface area contributed by atoms with Crippen LogP contribution in [0.25, 0.3) is 55.4 Å². The van der Waals surface area contributed by atoms with E-state index in [1.54, 1.807) is 25.5 Å². The molecule has 6 aromatic rings. The van der Waals surface area contributed by atoms with Gasteiger partial charge in [-0.2, -0.15) is 5.10 Å². The molecule has 194 valence electrons. The largest absolute Gasteiger partial charge is 0.489 e. The maximum absolute atomic E-state index is 11.8. The van der Waals surface area contributed by atoms with Gasteiger partial charge in [-0.25, -0.2) is 9.97 Å². The normalized spacial score (nSPS) is 14.3. The van der Waals surface area contributed by atoms with Gasteiger partial charge in [-0.1, -0.05) is 6.42 Å². The number of fused-ring (bicyclic) bond motifs is 2. The first kappa shape index (κ1) is 23.7. The van der Waals surface area contributed by atoms with E-state index in [0.717, 1.165) is 51.5 Å². The van der Waals surface area contributed by atoms with Crippen molar-refractivity contribution in [2.24, 2.45) is 0 Å². The van der Waals surface area contributed by atoms with Crippen LogP contribution >= 0.6 is 11.3 Å². The van der Waals surface area contributed by atoms with Crippen LogP contribution in [0.1, 0.15) is 48.7 Å². The van der Waals surface area contributed by atoms with Crippen molar-refractivity contribution >= 4 is 39.2 Å². The minimum absolute atomic E-state index is 0.0345. The van der Waals surface area contributed by atoms with Gasteiger partial charge in [0, 0.05) is 18.0 Å². The van der Waals surface area contributed by atoms with E-state index in [1.165, 1.54) is 30.6 Å². The third-order valence-electron chi connectivity index (χ3n) is 7.08. The highest BCUT2D eigenvalue weighted by molar-refractivity contribution is 7.17. The second-order valence-corrected chi connectivity index (χ2v) is 10.9. The summed E-state index contributed by atoms with van der Waals surface area (Å²) in [6.07, 6.45) is 11.5. The van der Waals surface area contributed by atoms with Gasteiger partial charge in [-0.3, -0.25) is 19.9 Å². The summed E-state index contributed by atoms with van der Waals surface area (Å²) in [5.41, 5.74) is 6.06. The van der Waals surface area contributed by atoms with Crippen LogP contribution in [-0.4, -0.2) is 47.0 Å². The highest BCUT2D eigenvalue weighted by Crippen LogP contribution is 2.34. The molecular formula is C29H25N7O2S. The molecule has 0 spiro atoms. The van der Waals surface area contributed by atoms with Crippen LogP contribution in [0, 0.1) is 0 Å². The van der Waals surface area contributed by atoms with Gasteiger partial charge in [-0.05, 0) is 69.0 Å². The van der Waals surface area contributed by atoms with Crippen molar-refractivity contribution in [2.75, 3.05) is 0 Å². The number of hydrogen-bond donors (Lipinski definition) is 2. The molecule has 9 nitrogen and oxygen atoms in total. The molecule has 0 unspecified atom stereocenters. The zero-order chi connectivity index (χ0) is 26.3. The van der Waals surface area contributed by atoms with E-state index in [4.69, 9.17) is 14.7 Å². The second-order valence-electron chi connectivity index (χ2n) is 9.81. The highest BCUT2D eigenvalue weighted by atomic mass is 32.1. The number of nitrogens with one attached hydrogen (secondary N) is 2. The standard InChI is InChI=1S/C29H25N7O2S/c1-16(37)23-9-10-24(39-23)27-25-21(11-12-31-27)33-29(34-25)28-26-22(35-36-28)8-7-20(32-26)17-13-19(15-30-14-17)38-18-5-3-2-4-6-18/h7-15,18H,2-6H2,1H3,(H,33,34)(H,35,36). The van der Waals surface area contributed by atoms with Crippen LogP contribution in [0.2, 0.25) is 0 Å². The number of hydrogen-bond acceptors (Lipinski definition) is 8. The number of pyridine rings is 3. The average Bonchev–Trinajstić information content (AvgIpc) is 3.71. The zero-order valence-corrected chi connectivity index (χ0v) is 22.1. The van der Waals surface area contributed by atoms with Gasteiger partial charge in [-0.15, -0.1) is 11.3 Å². The number of thiophene rings is 1. The Balaban J connectivity index is 1.25. The summed E-state index contributed by atoms with van der Waals surface area (Å²) < 4.78 is 6.23. The number of rotatable bonds is 6. The first-order chi connectivity index (χ1) is 19.1. The fourth-order valence-corrected chi connectivity index (χ4v) is 6.00. The fourth-order valence-electron chi connectivity index (χ4n) is 5.11. The van der Waals surface area contributed by atoms with Crippen molar-refractivity contribution in [3.63, 3.8) is 0 Å². The van der Waals surface area contributed by atoms with E-state index in [-0.39, 0.29) is 11.9 Å². The third-order valence-corrected chi connectivity index (χ3v) is 8.28. The van der Waals surface area contributed by atoms with Gasteiger partial charge in [0.05, 0.1) is 38.8 Å². The smallest absolute Gasteiger partial charge is 0.169 e. The lowest BCUT2D eigenvalue weighted by atomic mass is 9.98. The van der Waals surface area contributed by atoms with Gasteiger partial charge < -0.3 is 9.72 Å². The Labute approximate surface area is 227 Å². The summed E-state index contributed by atoms with van der Waals surface area (Å²) in [4.78, 5) is 35.6. The molecule has 1 aliphatic carbocycles. The van der Waals surface area contributed by atoms with Crippen LogP contribution < -0.4 is 4.74 Å². The molecule has 6 heterocycles. The van der Waals surface area contributed by atoms with E-state index in [2.05, 4.69) is 25.1 Å². The number of ether oxygens (including phenoxy) is 1. The van der Waals surface area contributed by atoms with Crippen molar-refractivity contribution in [3.8, 4) is 39.1 Å². The monoisotopic (exact) mass is 535 g/mol. The number of carbonyl (C=O) groups excluding carboxylic acids is 1. The summed E-state index contributed by atoms with van der Waals surface area (Å²) in [6.45, 7) is 1.57. The SMILES string of the molecule is CC(=O)c1ccc(-c2nccc3[nH]c(-c4n[nH]c5ccc(-c6cncc(OC7CCCCC7)c6)nc45)nc23)s1. The number of imidazole rings is 1. The Hall–Kier alpha value is -4.44. The summed E-state index contributed by atoms with van der Waals surface area (Å²) in [5, 5.41) is 7.61. The van der Waals surface area contributed by atoms with Gasteiger partial charge in [0.1, 0.15) is 22.5 Å². The lowest BCUT2D eigenvalue weighted by Crippen LogP contribution is -2.19. The van der Waals surface area contributed by atoms with E-state index in [0.29, 0.717) is 27.4 Å². The highest BCUT2D eigenvalue weighted by Gasteiger charge is 2.19. The first-order valence-corrected chi connectivity index (χ1v) is 13.9. The van der Waals surface area contributed by atoms with Crippen molar-refractivity contribution < 1.29 is 9.53 Å². The van der Waals surface area contributed by atoms with Gasteiger partial charge in [0.25, 0.3) is 0 Å². The number of H-pyrrole nitrogens is 2. The quantitative estimate of drug-likeness (QED) is 0.230. The van der Waals surface area contributed by atoms with Crippen molar-refractivity contribution in [1.29, 1.82) is 0 Å². The third kappa shape index (κ3) is 4.46. The molecule has 0 saturated heterocycles. The minimum Gasteiger partial charge on any atom is -0.489 e. The summed E-state index contributed by atoms with van der Waals surface area (Å²) in [7, 11) is 0. The van der Waals surface area contributed by atoms with Gasteiger partial charge in [0.15, 0.2) is 17.3 Å². The second kappa shape index (κ2) is 9.70. The van der Waals surface area contributed by atoms with Crippen molar-refractivity contribution in [1.82, 2.24) is 35.1 Å². The molecule has 0 bridgehead atoms. The molecule has 6 aromatic heterocycles. The minimum atomic E-state index is 0.0345. The number of aromatic amines is 2. The Kier molecular flexibility index (Phi) is 5.89. The number of aromatic nitrogens is 7. The molecule has 0 atom stereocenters. The lowest BCUT2D eigenvalue weighted by molar-refractivity contribution is 0.102. The number of ketones is 1. The predicted octanol–water partition coefficient (Wildman–Crippen LogP) is 6.60. The molecule has 0 amide bonds. The lowest BCUT2D eigenvalue weighted by Gasteiger charge is -2.22. The van der Waals surface area contributed by atoms with Gasteiger partial charge in [0.2, 0.25) is 0 Å². The molecule has 1 saturated carbocycles. The number of Topliss-reactive ketones (excluding diaryl/α,β-unsaturated/α-hetero) is 1. The molecule has 7 rings (SSSR count). The molecule has 0 aliphatic heterocycles. The fraction of sp³-hybridized carbons (Fsp3) is 0.241. The molecule has 39 heavy (non-hydrogen) atoms.